The Labute approximate surface area is 136 Å². The number of ether oxygens (including phenoxy) is 2. The number of benzene rings is 1. The van der Waals surface area contributed by atoms with Crippen LogP contribution >= 0.6 is 0 Å². The Kier molecular flexibility index (Phi) is 6.09. The van der Waals surface area contributed by atoms with E-state index < -0.39 is 16.1 Å². The Morgan fingerprint density at radius 2 is 1.96 bits per heavy atom. The Morgan fingerprint density at radius 3 is 2.61 bits per heavy atom. The Balaban J connectivity index is 2.31. The number of aromatic nitrogens is 1. The molecule has 124 valence electrons. The summed E-state index contributed by atoms with van der Waals surface area (Å²) in [6.45, 7) is 0.425. The average Bonchev–Trinajstić information content (AvgIpc) is 2.59. The van der Waals surface area contributed by atoms with Gasteiger partial charge in [0.2, 0.25) is 10.0 Å². The first-order valence-corrected chi connectivity index (χ1v) is 8.61. The predicted octanol–water partition coefficient (Wildman–Crippen LogP) is 2.15. The minimum atomic E-state index is -3.74. The average molecular weight is 336 g/mol. The molecule has 6 nitrogen and oxygen atoms in total. The maximum absolute atomic E-state index is 12.7. The molecular weight excluding hydrogens is 316 g/mol. The van der Waals surface area contributed by atoms with Crippen LogP contribution < -0.4 is 9.46 Å². The van der Waals surface area contributed by atoms with Gasteiger partial charge in [-0.05, 0) is 30.2 Å². The first-order chi connectivity index (χ1) is 11.1. The molecule has 0 fully saturated rings. The topological polar surface area (TPSA) is 77.5 Å². The van der Waals surface area contributed by atoms with Crippen molar-refractivity contribution >= 4 is 10.0 Å². The third-order valence-electron chi connectivity index (χ3n) is 3.35. The van der Waals surface area contributed by atoms with E-state index in [1.807, 2.05) is 6.07 Å². The molecule has 1 aromatic carbocycles. The lowest BCUT2D eigenvalue weighted by Crippen LogP contribution is -2.30. The van der Waals surface area contributed by atoms with Crippen LogP contribution in [0.25, 0.3) is 0 Å². The molecule has 1 N–H and O–H groups in total. The van der Waals surface area contributed by atoms with Crippen LogP contribution in [-0.4, -0.2) is 34.2 Å². The highest BCUT2D eigenvalue weighted by molar-refractivity contribution is 7.89. The van der Waals surface area contributed by atoms with Gasteiger partial charge in [-0.2, -0.15) is 0 Å². The van der Waals surface area contributed by atoms with Crippen LogP contribution in [0.2, 0.25) is 0 Å². The number of sulfonamides is 1. The van der Waals surface area contributed by atoms with Crippen molar-refractivity contribution in [1.82, 2.24) is 9.71 Å². The van der Waals surface area contributed by atoms with E-state index in [0.717, 1.165) is 5.56 Å². The third-order valence-corrected chi connectivity index (χ3v) is 4.86. The molecule has 0 aliphatic rings. The molecule has 23 heavy (non-hydrogen) atoms. The zero-order valence-corrected chi connectivity index (χ0v) is 13.9. The van der Waals surface area contributed by atoms with Crippen molar-refractivity contribution in [1.29, 1.82) is 0 Å². The molecule has 0 aliphatic carbocycles. The lowest BCUT2D eigenvalue weighted by atomic mass is 10.1. The fourth-order valence-electron chi connectivity index (χ4n) is 2.20. The van der Waals surface area contributed by atoms with Gasteiger partial charge in [-0.25, -0.2) is 13.1 Å². The van der Waals surface area contributed by atoms with E-state index in [4.69, 9.17) is 9.47 Å². The number of nitrogens with one attached hydrogen (secondary N) is 1. The van der Waals surface area contributed by atoms with Crippen LogP contribution in [0.15, 0.2) is 53.7 Å². The van der Waals surface area contributed by atoms with Gasteiger partial charge in [0.05, 0.1) is 13.2 Å². The summed E-state index contributed by atoms with van der Waals surface area (Å²) >= 11 is 0. The van der Waals surface area contributed by atoms with Crippen molar-refractivity contribution in [3.05, 3.63) is 54.4 Å². The molecule has 1 unspecified atom stereocenters. The summed E-state index contributed by atoms with van der Waals surface area (Å²) in [4.78, 5) is 4.16. The number of nitrogens with zero attached hydrogens (tertiary/aromatic N) is 1. The highest BCUT2D eigenvalue weighted by atomic mass is 32.2. The van der Waals surface area contributed by atoms with Gasteiger partial charge < -0.3 is 9.47 Å². The molecule has 0 spiro atoms. The number of rotatable bonds is 8. The maximum Gasteiger partial charge on any atom is 0.244 e. The summed E-state index contributed by atoms with van der Waals surface area (Å²) in [5.41, 5.74) is 0.781. The van der Waals surface area contributed by atoms with Gasteiger partial charge in [0, 0.05) is 26.1 Å². The van der Waals surface area contributed by atoms with E-state index in [1.165, 1.54) is 13.2 Å². The lowest BCUT2D eigenvalue weighted by Gasteiger charge is -2.19. The van der Waals surface area contributed by atoms with Gasteiger partial charge in [-0.15, -0.1) is 0 Å². The molecule has 2 aromatic rings. The van der Waals surface area contributed by atoms with Crippen LogP contribution in [0.1, 0.15) is 18.0 Å². The molecule has 0 radical (unpaired) electrons. The molecule has 0 saturated carbocycles. The minimum absolute atomic E-state index is 0.105. The van der Waals surface area contributed by atoms with E-state index in [0.29, 0.717) is 18.8 Å². The fraction of sp³-hybridized carbons (Fsp3) is 0.312. The molecule has 1 atom stereocenters. The lowest BCUT2D eigenvalue weighted by molar-refractivity contribution is 0.186. The van der Waals surface area contributed by atoms with Gasteiger partial charge >= 0.3 is 0 Å². The standard InChI is InChI=1S/C16H20N2O4S/c1-21-11-9-14(13-6-5-10-17-12-13)18-23(19,20)16-8-4-3-7-15(16)22-2/h3-8,10,12,14,18H,9,11H2,1-2H3. The molecular formula is C16H20N2O4S. The van der Waals surface area contributed by atoms with Crippen molar-refractivity contribution in [2.45, 2.75) is 17.4 Å². The molecule has 2 rings (SSSR count). The summed E-state index contributed by atoms with van der Waals surface area (Å²) in [6.07, 6.45) is 3.78. The van der Waals surface area contributed by atoms with Gasteiger partial charge in [0.25, 0.3) is 0 Å². The first-order valence-electron chi connectivity index (χ1n) is 7.12. The molecule has 0 bridgehead atoms. The summed E-state index contributed by atoms with van der Waals surface area (Å²) in [6, 6.07) is 9.68. The zero-order chi connectivity index (χ0) is 16.7. The van der Waals surface area contributed by atoms with Crippen molar-refractivity contribution in [3.63, 3.8) is 0 Å². The second-order valence-corrected chi connectivity index (χ2v) is 6.57. The second kappa shape index (κ2) is 8.05. The first kappa shape index (κ1) is 17.4. The van der Waals surface area contributed by atoms with E-state index in [2.05, 4.69) is 9.71 Å². The molecule has 0 amide bonds. The van der Waals surface area contributed by atoms with Crippen LogP contribution in [0.4, 0.5) is 0 Å². The Hall–Kier alpha value is -1.96. The van der Waals surface area contributed by atoms with E-state index >= 15 is 0 Å². The molecule has 1 aromatic heterocycles. The Morgan fingerprint density at radius 1 is 1.17 bits per heavy atom. The third kappa shape index (κ3) is 4.51. The van der Waals surface area contributed by atoms with Crippen molar-refractivity contribution in [2.24, 2.45) is 0 Å². The second-order valence-electron chi connectivity index (χ2n) is 4.89. The molecule has 7 heteroatoms. The van der Waals surface area contributed by atoms with Gasteiger partial charge in [-0.1, -0.05) is 18.2 Å². The van der Waals surface area contributed by atoms with E-state index in [1.54, 1.807) is 43.8 Å². The van der Waals surface area contributed by atoms with Crippen LogP contribution in [0.5, 0.6) is 5.75 Å². The molecule has 0 saturated heterocycles. The fourth-order valence-corrected chi connectivity index (χ4v) is 3.63. The highest BCUT2D eigenvalue weighted by Crippen LogP contribution is 2.25. The molecule has 0 aliphatic heterocycles. The number of hydrogen-bond acceptors (Lipinski definition) is 5. The minimum Gasteiger partial charge on any atom is -0.495 e. The zero-order valence-electron chi connectivity index (χ0n) is 13.1. The maximum atomic E-state index is 12.7. The number of para-hydroxylation sites is 1. The smallest absolute Gasteiger partial charge is 0.244 e. The van der Waals surface area contributed by atoms with Crippen LogP contribution in [0, 0.1) is 0 Å². The van der Waals surface area contributed by atoms with Crippen molar-refractivity contribution in [3.8, 4) is 5.75 Å². The highest BCUT2D eigenvalue weighted by Gasteiger charge is 2.24. The van der Waals surface area contributed by atoms with E-state index in [-0.39, 0.29) is 4.90 Å². The summed E-state index contributed by atoms with van der Waals surface area (Å²) in [5, 5.41) is 0. The number of pyridine rings is 1. The summed E-state index contributed by atoms with van der Waals surface area (Å²) < 4.78 is 38.3. The number of hydrogen-bond donors (Lipinski definition) is 1. The van der Waals surface area contributed by atoms with E-state index in [9.17, 15) is 8.42 Å². The van der Waals surface area contributed by atoms with Gasteiger partial charge in [0.15, 0.2) is 0 Å². The van der Waals surface area contributed by atoms with Crippen LogP contribution in [-0.2, 0) is 14.8 Å². The van der Waals surface area contributed by atoms with Crippen LogP contribution in [0.3, 0.4) is 0 Å². The SMILES string of the molecule is COCCC(NS(=O)(=O)c1ccccc1OC)c1cccnc1. The predicted molar refractivity (Wildman–Crippen MR) is 86.8 cm³/mol. The van der Waals surface area contributed by atoms with Gasteiger partial charge in [-0.3, -0.25) is 4.98 Å². The normalized spacial score (nSPS) is 12.8. The Bertz CT molecular complexity index is 720. The van der Waals surface area contributed by atoms with Gasteiger partial charge in [0.1, 0.15) is 10.6 Å². The molecule has 1 heterocycles. The summed E-state index contributed by atoms with van der Waals surface area (Å²) in [5.74, 6) is 0.302. The number of methoxy groups -OCH3 is 2. The summed E-state index contributed by atoms with van der Waals surface area (Å²) in [7, 11) is -0.718. The van der Waals surface area contributed by atoms with Crippen molar-refractivity contribution in [2.75, 3.05) is 20.8 Å². The quantitative estimate of drug-likeness (QED) is 0.799. The monoisotopic (exact) mass is 336 g/mol. The largest absolute Gasteiger partial charge is 0.495 e. The van der Waals surface area contributed by atoms with Crippen molar-refractivity contribution < 1.29 is 17.9 Å².